The van der Waals surface area contributed by atoms with Gasteiger partial charge in [0.1, 0.15) is 11.6 Å². The van der Waals surface area contributed by atoms with Crippen molar-refractivity contribution in [3.63, 3.8) is 0 Å². The second-order valence-electron chi connectivity index (χ2n) is 6.87. The number of fused-ring (bicyclic) bond motifs is 1. The maximum atomic E-state index is 12.6. The van der Waals surface area contributed by atoms with Gasteiger partial charge >= 0.3 is 5.97 Å². The van der Waals surface area contributed by atoms with Crippen molar-refractivity contribution in [2.45, 2.75) is 33.1 Å². The summed E-state index contributed by atoms with van der Waals surface area (Å²) < 4.78 is 4.85. The van der Waals surface area contributed by atoms with Crippen LogP contribution in [0.25, 0.3) is 6.08 Å². The van der Waals surface area contributed by atoms with Crippen LogP contribution >= 0.6 is 11.3 Å². The van der Waals surface area contributed by atoms with E-state index in [1.165, 1.54) is 22.9 Å². The molecule has 2 aromatic rings. The van der Waals surface area contributed by atoms with Crippen LogP contribution in [0.3, 0.4) is 0 Å². The lowest BCUT2D eigenvalue weighted by Gasteiger charge is -2.16. The average molecular weight is 394 g/mol. The Morgan fingerprint density at radius 2 is 2.11 bits per heavy atom. The summed E-state index contributed by atoms with van der Waals surface area (Å²) in [4.78, 5) is 26.3. The van der Waals surface area contributed by atoms with Crippen molar-refractivity contribution in [2.75, 3.05) is 11.9 Å². The molecule has 0 saturated carbocycles. The fourth-order valence-electron chi connectivity index (χ4n) is 3.19. The largest absolute Gasteiger partial charge is 0.462 e. The van der Waals surface area contributed by atoms with E-state index in [-0.39, 0.29) is 18.1 Å². The SMILES string of the molecule is CCOC(=O)/C(C#N)=C/c1ccc(NC(=O)c2cc3c(s2)CC[C@@H](C)C3)cc1. The highest BCUT2D eigenvalue weighted by atomic mass is 32.1. The highest BCUT2D eigenvalue weighted by Gasteiger charge is 2.20. The van der Waals surface area contributed by atoms with Gasteiger partial charge in [0.05, 0.1) is 11.5 Å². The minimum Gasteiger partial charge on any atom is -0.462 e. The molecule has 0 aliphatic heterocycles. The molecule has 0 unspecified atom stereocenters. The van der Waals surface area contributed by atoms with Crippen molar-refractivity contribution in [2.24, 2.45) is 5.92 Å². The number of nitrogens with zero attached hydrogens (tertiary/aromatic N) is 1. The number of ether oxygens (including phenoxy) is 1. The lowest BCUT2D eigenvalue weighted by atomic mass is 9.90. The van der Waals surface area contributed by atoms with Crippen LogP contribution in [0.4, 0.5) is 5.69 Å². The molecule has 1 heterocycles. The third kappa shape index (κ3) is 4.68. The molecule has 0 bridgehead atoms. The molecule has 1 amide bonds. The van der Waals surface area contributed by atoms with Crippen molar-refractivity contribution in [1.29, 1.82) is 5.26 Å². The summed E-state index contributed by atoms with van der Waals surface area (Å²) >= 11 is 1.58. The molecule has 0 fully saturated rings. The maximum Gasteiger partial charge on any atom is 0.348 e. The maximum absolute atomic E-state index is 12.6. The van der Waals surface area contributed by atoms with Crippen molar-refractivity contribution in [3.8, 4) is 6.07 Å². The number of aryl methyl sites for hydroxylation is 1. The predicted molar refractivity (Wildman–Crippen MR) is 110 cm³/mol. The van der Waals surface area contributed by atoms with Gasteiger partial charge in [-0.1, -0.05) is 19.1 Å². The van der Waals surface area contributed by atoms with E-state index >= 15 is 0 Å². The van der Waals surface area contributed by atoms with Crippen molar-refractivity contribution in [3.05, 3.63) is 56.8 Å². The molecule has 3 rings (SSSR count). The minimum absolute atomic E-state index is 0.0583. The zero-order chi connectivity index (χ0) is 20.1. The molecule has 144 valence electrons. The highest BCUT2D eigenvalue weighted by Crippen LogP contribution is 2.32. The molecule has 1 aromatic carbocycles. The van der Waals surface area contributed by atoms with E-state index in [9.17, 15) is 9.59 Å². The van der Waals surface area contributed by atoms with Gasteiger partial charge in [-0.25, -0.2) is 4.79 Å². The fourth-order valence-corrected chi connectivity index (χ4v) is 4.29. The summed E-state index contributed by atoms with van der Waals surface area (Å²) in [5.41, 5.74) is 2.59. The Balaban J connectivity index is 1.68. The summed E-state index contributed by atoms with van der Waals surface area (Å²) in [6, 6.07) is 10.8. The number of rotatable bonds is 5. The van der Waals surface area contributed by atoms with E-state index in [0.717, 1.165) is 17.7 Å². The standard InChI is InChI=1S/C22H22N2O3S/c1-3-27-22(26)17(13-23)11-15-5-7-18(8-6-15)24-21(25)20-12-16-10-14(2)4-9-19(16)28-20/h5-8,11-12,14H,3-4,9-10H2,1-2H3,(H,24,25)/b17-11+/t14-/m1/s1. The predicted octanol–water partition coefficient (Wildman–Crippen LogP) is 4.60. The number of hydrogen-bond donors (Lipinski definition) is 1. The molecule has 5 nitrogen and oxygen atoms in total. The summed E-state index contributed by atoms with van der Waals surface area (Å²) in [6.45, 7) is 4.15. The zero-order valence-corrected chi connectivity index (χ0v) is 16.8. The van der Waals surface area contributed by atoms with Crippen LogP contribution in [0, 0.1) is 17.2 Å². The van der Waals surface area contributed by atoms with Crippen LogP contribution in [-0.4, -0.2) is 18.5 Å². The van der Waals surface area contributed by atoms with Crippen molar-refractivity contribution < 1.29 is 14.3 Å². The van der Waals surface area contributed by atoms with Gasteiger partial charge in [0.2, 0.25) is 0 Å². The molecule has 0 radical (unpaired) electrons. The molecular formula is C22H22N2O3S. The quantitative estimate of drug-likeness (QED) is 0.457. The summed E-state index contributed by atoms with van der Waals surface area (Å²) in [7, 11) is 0. The van der Waals surface area contributed by atoms with E-state index < -0.39 is 5.97 Å². The van der Waals surface area contributed by atoms with Crippen LogP contribution in [0.15, 0.2) is 35.9 Å². The average Bonchev–Trinajstić information content (AvgIpc) is 3.11. The Morgan fingerprint density at radius 3 is 2.79 bits per heavy atom. The number of benzene rings is 1. The van der Waals surface area contributed by atoms with E-state index in [4.69, 9.17) is 10.00 Å². The van der Waals surface area contributed by atoms with Crippen LogP contribution in [-0.2, 0) is 22.4 Å². The molecule has 0 saturated heterocycles. The molecule has 1 aliphatic rings. The lowest BCUT2D eigenvalue weighted by Crippen LogP contribution is -2.10. The molecule has 6 heteroatoms. The van der Waals surface area contributed by atoms with Gasteiger partial charge < -0.3 is 10.1 Å². The van der Waals surface area contributed by atoms with Gasteiger partial charge in [0, 0.05) is 10.6 Å². The smallest absolute Gasteiger partial charge is 0.348 e. The van der Waals surface area contributed by atoms with E-state index in [2.05, 4.69) is 12.2 Å². The van der Waals surface area contributed by atoms with Gasteiger partial charge in [0.15, 0.2) is 0 Å². The summed E-state index contributed by atoms with van der Waals surface area (Å²) in [6.07, 6.45) is 4.75. The van der Waals surface area contributed by atoms with Crippen molar-refractivity contribution >= 4 is 35.0 Å². The van der Waals surface area contributed by atoms with Gasteiger partial charge in [-0.3, -0.25) is 4.79 Å². The van der Waals surface area contributed by atoms with Crippen molar-refractivity contribution in [1.82, 2.24) is 0 Å². The summed E-state index contributed by atoms with van der Waals surface area (Å²) in [5, 5.41) is 12.0. The normalized spacial score (nSPS) is 16.0. The van der Waals surface area contributed by atoms with Gasteiger partial charge in [-0.15, -0.1) is 11.3 Å². The molecule has 1 atom stereocenters. The first kappa shape index (κ1) is 19.8. The number of esters is 1. The monoisotopic (exact) mass is 394 g/mol. The number of anilines is 1. The Labute approximate surface area is 168 Å². The zero-order valence-electron chi connectivity index (χ0n) is 16.0. The van der Waals surface area contributed by atoms with Crippen LogP contribution in [0.2, 0.25) is 0 Å². The van der Waals surface area contributed by atoms with E-state index in [0.29, 0.717) is 17.2 Å². The lowest BCUT2D eigenvalue weighted by molar-refractivity contribution is -0.137. The second-order valence-corrected chi connectivity index (χ2v) is 8.01. The Kier molecular flexibility index (Phi) is 6.27. The molecule has 1 aromatic heterocycles. The van der Waals surface area contributed by atoms with Crippen LogP contribution in [0.5, 0.6) is 0 Å². The third-order valence-electron chi connectivity index (χ3n) is 4.65. The topological polar surface area (TPSA) is 79.2 Å². The number of nitrogens with one attached hydrogen (secondary N) is 1. The highest BCUT2D eigenvalue weighted by molar-refractivity contribution is 7.14. The van der Waals surface area contributed by atoms with Crippen LogP contribution < -0.4 is 5.32 Å². The summed E-state index contributed by atoms with van der Waals surface area (Å²) in [5.74, 6) is -0.0792. The molecule has 1 N–H and O–H groups in total. The minimum atomic E-state index is -0.640. The second kappa shape index (κ2) is 8.85. The van der Waals surface area contributed by atoms with Gasteiger partial charge in [-0.2, -0.15) is 5.26 Å². The third-order valence-corrected chi connectivity index (χ3v) is 5.88. The Morgan fingerprint density at radius 1 is 1.36 bits per heavy atom. The van der Waals surface area contributed by atoms with Gasteiger partial charge in [0.25, 0.3) is 5.91 Å². The molecule has 28 heavy (non-hydrogen) atoms. The van der Waals surface area contributed by atoms with Gasteiger partial charge in [-0.05, 0) is 67.5 Å². The first-order valence-electron chi connectivity index (χ1n) is 9.32. The first-order valence-corrected chi connectivity index (χ1v) is 10.1. The van der Waals surface area contributed by atoms with E-state index in [1.807, 2.05) is 12.1 Å². The molecule has 1 aliphatic carbocycles. The number of nitriles is 1. The van der Waals surface area contributed by atoms with E-state index in [1.54, 1.807) is 42.5 Å². The number of amides is 1. The number of hydrogen-bond acceptors (Lipinski definition) is 5. The Hall–Kier alpha value is -2.91. The van der Waals surface area contributed by atoms with Crippen LogP contribution in [0.1, 0.15) is 45.9 Å². The fraction of sp³-hybridized carbons (Fsp3) is 0.318. The number of thiophene rings is 1. The molecule has 0 spiro atoms. The Bertz CT molecular complexity index is 951. The number of carbonyl (C=O) groups is 2. The first-order chi connectivity index (χ1) is 13.5. The number of carbonyl (C=O) groups excluding carboxylic acids is 2. The molecular weight excluding hydrogens is 372 g/mol.